The monoisotopic (exact) mass is 367 g/mol. The Morgan fingerprint density at radius 3 is 2.26 bits per heavy atom. The number of hydrogen-bond acceptors (Lipinski definition) is 4. The summed E-state index contributed by atoms with van der Waals surface area (Å²) in [4.78, 5) is 16.9. The molecule has 5 nitrogen and oxygen atoms in total. The average molecular weight is 368 g/mol. The van der Waals surface area contributed by atoms with Crippen LogP contribution in [0, 0.1) is 5.92 Å². The van der Waals surface area contributed by atoms with Crippen LogP contribution in [0.3, 0.4) is 0 Å². The van der Waals surface area contributed by atoms with Crippen molar-refractivity contribution < 1.29 is 9.53 Å². The summed E-state index contributed by atoms with van der Waals surface area (Å²) in [5.41, 5.74) is 0. The third-order valence-corrected chi connectivity index (χ3v) is 5.37. The van der Waals surface area contributed by atoms with E-state index in [9.17, 15) is 4.79 Å². The molecule has 136 valence electrons. The third-order valence-electron chi connectivity index (χ3n) is 5.37. The number of hydrogen-bond donors (Lipinski definition) is 1. The first-order chi connectivity index (χ1) is 10.2. The second kappa shape index (κ2) is 10.0. The van der Waals surface area contributed by atoms with E-state index in [-0.39, 0.29) is 24.8 Å². The Labute approximate surface area is 152 Å². The maximum Gasteiger partial charge on any atom is 0.222 e. The lowest BCUT2D eigenvalue weighted by atomic mass is 9.89. The fourth-order valence-electron chi connectivity index (χ4n) is 4.16. The van der Waals surface area contributed by atoms with Crippen LogP contribution in [0.25, 0.3) is 0 Å². The second-order valence-corrected chi connectivity index (χ2v) is 6.89. The highest BCUT2D eigenvalue weighted by molar-refractivity contribution is 5.85. The minimum absolute atomic E-state index is 0. The number of carbonyl (C=O) groups is 1. The number of fused-ring (bicyclic) bond motifs is 2. The van der Waals surface area contributed by atoms with Crippen LogP contribution in [0.1, 0.15) is 32.1 Å². The fraction of sp³-hybridized carbons (Fsp3) is 0.938. The van der Waals surface area contributed by atoms with Gasteiger partial charge in [-0.3, -0.25) is 9.69 Å². The van der Waals surface area contributed by atoms with E-state index < -0.39 is 0 Å². The Kier molecular flexibility index (Phi) is 9.16. The van der Waals surface area contributed by atoms with Gasteiger partial charge in [-0.05, 0) is 31.6 Å². The van der Waals surface area contributed by atoms with Gasteiger partial charge in [0.15, 0.2) is 0 Å². The molecule has 0 radical (unpaired) electrons. The number of amides is 1. The van der Waals surface area contributed by atoms with Gasteiger partial charge in [0.1, 0.15) is 0 Å². The number of piperazine rings is 1. The summed E-state index contributed by atoms with van der Waals surface area (Å²) in [6.07, 6.45) is 5.81. The number of carbonyl (C=O) groups excluding carboxylic acids is 1. The maximum atomic E-state index is 12.5. The molecule has 1 amide bonds. The van der Waals surface area contributed by atoms with Gasteiger partial charge in [-0.2, -0.15) is 0 Å². The lowest BCUT2D eigenvalue weighted by Crippen LogP contribution is -2.50. The van der Waals surface area contributed by atoms with Crippen LogP contribution in [0.4, 0.5) is 0 Å². The predicted molar refractivity (Wildman–Crippen MR) is 96.7 cm³/mol. The zero-order chi connectivity index (χ0) is 14.7. The molecule has 23 heavy (non-hydrogen) atoms. The molecule has 7 heteroatoms. The molecule has 0 aromatic rings. The predicted octanol–water partition coefficient (Wildman–Crippen LogP) is 1.54. The van der Waals surface area contributed by atoms with Gasteiger partial charge < -0.3 is 15.0 Å². The van der Waals surface area contributed by atoms with Crippen LogP contribution in [0.15, 0.2) is 0 Å². The van der Waals surface area contributed by atoms with E-state index >= 15 is 0 Å². The first-order valence-electron chi connectivity index (χ1n) is 8.49. The lowest BCUT2D eigenvalue weighted by molar-refractivity contribution is -0.134. The lowest BCUT2D eigenvalue weighted by Gasteiger charge is -2.36. The third kappa shape index (κ3) is 5.75. The van der Waals surface area contributed by atoms with Crippen LogP contribution in [-0.4, -0.2) is 74.2 Å². The van der Waals surface area contributed by atoms with Crippen LogP contribution in [0.5, 0.6) is 0 Å². The molecule has 3 saturated heterocycles. The van der Waals surface area contributed by atoms with Crippen molar-refractivity contribution in [2.75, 3.05) is 46.4 Å². The van der Waals surface area contributed by atoms with E-state index in [1.54, 1.807) is 7.11 Å². The van der Waals surface area contributed by atoms with Gasteiger partial charge in [-0.25, -0.2) is 0 Å². The zero-order valence-corrected chi connectivity index (χ0v) is 15.7. The van der Waals surface area contributed by atoms with Crippen LogP contribution >= 0.6 is 24.8 Å². The van der Waals surface area contributed by atoms with Gasteiger partial charge in [-0.1, -0.05) is 0 Å². The molecule has 3 heterocycles. The van der Waals surface area contributed by atoms with Crippen LogP contribution in [0.2, 0.25) is 0 Å². The average Bonchev–Trinajstić information content (AvgIpc) is 2.84. The number of methoxy groups -OCH3 is 1. The highest BCUT2D eigenvalue weighted by Gasteiger charge is 2.35. The van der Waals surface area contributed by atoms with E-state index in [0.29, 0.717) is 23.9 Å². The SMILES string of the molecule is COCCN1CCN(C(=O)CC2CC3CCC(C2)N3)CC1.Cl.Cl. The molecule has 3 fully saturated rings. The fourth-order valence-corrected chi connectivity index (χ4v) is 4.16. The highest BCUT2D eigenvalue weighted by atomic mass is 35.5. The Morgan fingerprint density at radius 2 is 1.70 bits per heavy atom. The molecule has 2 unspecified atom stereocenters. The summed E-state index contributed by atoms with van der Waals surface area (Å²) in [5.74, 6) is 0.996. The smallest absolute Gasteiger partial charge is 0.222 e. The van der Waals surface area contributed by atoms with Crippen molar-refractivity contribution in [1.29, 1.82) is 0 Å². The molecule has 3 rings (SSSR count). The summed E-state index contributed by atoms with van der Waals surface area (Å²) < 4.78 is 5.12. The quantitative estimate of drug-likeness (QED) is 0.800. The molecule has 2 atom stereocenters. The molecular weight excluding hydrogens is 337 g/mol. The number of halogens is 2. The molecule has 0 spiro atoms. The molecule has 0 aliphatic carbocycles. The standard InChI is InChI=1S/C16H29N3O2.2ClH/c1-21-9-8-18-4-6-19(7-5-18)16(20)12-13-10-14-2-3-15(11-13)17-14;;/h13-15,17H,2-12H2,1H3;2*1H. The van der Waals surface area contributed by atoms with Gasteiger partial charge in [0.25, 0.3) is 0 Å². The van der Waals surface area contributed by atoms with E-state index in [1.165, 1.54) is 25.7 Å². The molecule has 2 bridgehead atoms. The minimum Gasteiger partial charge on any atom is -0.383 e. The highest BCUT2D eigenvalue weighted by Crippen LogP contribution is 2.33. The zero-order valence-electron chi connectivity index (χ0n) is 14.0. The molecule has 0 saturated carbocycles. The second-order valence-electron chi connectivity index (χ2n) is 6.89. The van der Waals surface area contributed by atoms with Crippen molar-refractivity contribution in [3.8, 4) is 0 Å². The van der Waals surface area contributed by atoms with E-state index in [0.717, 1.165) is 45.8 Å². The van der Waals surface area contributed by atoms with Crippen molar-refractivity contribution in [2.45, 2.75) is 44.2 Å². The number of piperidine rings is 1. The normalized spacial score (nSPS) is 30.5. The molecule has 0 aromatic heterocycles. The number of nitrogens with one attached hydrogen (secondary N) is 1. The topological polar surface area (TPSA) is 44.8 Å². The molecule has 0 aromatic carbocycles. The molecule has 3 aliphatic heterocycles. The molecule has 1 N–H and O–H groups in total. The van der Waals surface area contributed by atoms with E-state index in [1.807, 2.05) is 0 Å². The maximum absolute atomic E-state index is 12.5. The summed E-state index contributed by atoms with van der Waals surface area (Å²) in [6, 6.07) is 1.37. The van der Waals surface area contributed by atoms with Gasteiger partial charge in [0.2, 0.25) is 5.91 Å². The summed E-state index contributed by atoms with van der Waals surface area (Å²) in [7, 11) is 1.74. The first-order valence-corrected chi connectivity index (χ1v) is 8.49. The van der Waals surface area contributed by atoms with Crippen LogP contribution in [-0.2, 0) is 9.53 Å². The Bertz CT molecular complexity index is 353. The van der Waals surface area contributed by atoms with Gasteiger partial charge in [0, 0.05) is 58.3 Å². The number of rotatable bonds is 5. The van der Waals surface area contributed by atoms with Crippen LogP contribution < -0.4 is 5.32 Å². The summed E-state index contributed by atoms with van der Waals surface area (Å²) in [6.45, 7) is 5.53. The number of ether oxygens (including phenoxy) is 1. The van der Waals surface area contributed by atoms with E-state index in [4.69, 9.17) is 4.74 Å². The van der Waals surface area contributed by atoms with Gasteiger partial charge >= 0.3 is 0 Å². The minimum atomic E-state index is 0. The van der Waals surface area contributed by atoms with Crippen molar-refractivity contribution in [2.24, 2.45) is 5.92 Å². The van der Waals surface area contributed by atoms with E-state index in [2.05, 4.69) is 15.1 Å². The largest absolute Gasteiger partial charge is 0.383 e. The molecular formula is C16H31Cl2N3O2. The van der Waals surface area contributed by atoms with Gasteiger partial charge in [0.05, 0.1) is 6.61 Å². The van der Waals surface area contributed by atoms with Crippen molar-refractivity contribution in [3.05, 3.63) is 0 Å². The van der Waals surface area contributed by atoms with Crippen molar-refractivity contribution in [1.82, 2.24) is 15.1 Å². The summed E-state index contributed by atoms with van der Waals surface area (Å²) >= 11 is 0. The Morgan fingerprint density at radius 1 is 1.09 bits per heavy atom. The van der Waals surface area contributed by atoms with Crippen molar-refractivity contribution in [3.63, 3.8) is 0 Å². The summed E-state index contributed by atoms with van der Waals surface area (Å²) in [5, 5.41) is 3.65. The Balaban J connectivity index is 0.00000132. The molecule has 3 aliphatic rings. The Hall–Kier alpha value is -0.0700. The van der Waals surface area contributed by atoms with Gasteiger partial charge in [-0.15, -0.1) is 24.8 Å². The number of nitrogens with zero attached hydrogens (tertiary/aromatic N) is 2. The van der Waals surface area contributed by atoms with Crippen molar-refractivity contribution >= 4 is 30.7 Å². The first kappa shape index (κ1) is 21.0.